The van der Waals surface area contributed by atoms with Crippen LogP contribution in [0.25, 0.3) is 0 Å². The van der Waals surface area contributed by atoms with Gasteiger partial charge in [0.25, 0.3) is 5.91 Å². The number of nitrogens with zero attached hydrogens (tertiary/aromatic N) is 1. The first-order valence-corrected chi connectivity index (χ1v) is 8.72. The number of rotatable bonds is 7. The van der Waals surface area contributed by atoms with E-state index >= 15 is 0 Å². The molecule has 0 aliphatic heterocycles. The van der Waals surface area contributed by atoms with E-state index in [9.17, 15) is 4.79 Å². The van der Waals surface area contributed by atoms with Crippen LogP contribution in [0.2, 0.25) is 5.02 Å². The number of halogens is 1. The highest BCUT2D eigenvalue weighted by Gasteiger charge is 2.14. The molecule has 5 nitrogen and oxygen atoms in total. The van der Waals surface area contributed by atoms with E-state index in [1.165, 1.54) is 17.6 Å². The van der Waals surface area contributed by atoms with Gasteiger partial charge in [0.05, 0.1) is 29.3 Å². The van der Waals surface area contributed by atoms with Gasteiger partial charge in [-0.3, -0.25) is 4.79 Å². The van der Waals surface area contributed by atoms with Crippen molar-refractivity contribution < 1.29 is 14.3 Å². The van der Waals surface area contributed by atoms with Gasteiger partial charge in [-0.1, -0.05) is 24.6 Å². The van der Waals surface area contributed by atoms with Crippen molar-refractivity contribution in [2.75, 3.05) is 7.11 Å². The van der Waals surface area contributed by atoms with Gasteiger partial charge in [0, 0.05) is 0 Å². The van der Waals surface area contributed by atoms with E-state index in [0.29, 0.717) is 27.0 Å². The highest BCUT2D eigenvalue weighted by Crippen LogP contribution is 2.37. The number of methoxy groups -OCH3 is 1. The topological polar surface area (TPSA) is 59.9 Å². The lowest BCUT2D eigenvalue weighted by atomic mass is 10.2. The van der Waals surface area contributed by atoms with Gasteiger partial charge >= 0.3 is 0 Å². The maximum atomic E-state index is 11.8. The number of hydrogen-bond donors (Lipinski definition) is 1. The lowest BCUT2D eigenvalue weighted by Gasteiger charge is -2.17. The average Bonchev–Trinajstić information content (AvgIpc) is 3.11. The largest absolute Gasteiger partial charge is 0.493 e. The molecule has 0 unspecified atom stereocenters. The molecule has 0 aliphatic carbocycles. The molecule has 1 aromatic carbocycles. The summed E-state index contributed by atoms with van der Waals surface area (Å²) >= 11 is 7.64. The first-order chi connectivity index (χ1) is 11.5. The maximum absolute atomic E-state index is 11.8. The fraction of sp³-hybridized carbons (Fsp3) is 0.294. The van der Waals surface area contributed by atoms with E-state index in [2.05, 4.69) is 10.5 Å². The van der Waals surface area contributed by atoms with Crippen molar-refractivity contribution in [3.8, 4) is 11.5 Å². The monoisotopic (exact) mass is 366 g/mol. The van der Waals surface area contributed by atoms with Crippen LogP contribution in [0.15, 0.2) is 34.7 Å². The van der Waals surface area contributed by atoms with Crippen LogP contribution in [0.1, 0.15) is 35.5 Å². The molecule has 0 saturated heterocycles. The third-order valence-corrected chi connectivity index (χ3v) is 4.42. The highest BCUT2D eigenvalue weighted by atomic mass is 35.5. The first-order valence-electron chi connectivity index (χ1n) is 7.46. The molecular weight excluding hydrogens is 348 g/mol. The van der Waals surface area contributed by atoms with Crippen LogP contribution in [-0.2, 0) is 0 Å². The van der Waals surface area contributed by atoms with Crippen LogP contribution in [-0.4, -0.2) is 25.3 Å². The fourth-order valence-corrected chi connectivity index (χ4v) is 2.72. The van der Waals surface area contributed by atoms with E-state index < -0.39 is 0 Å². The van der Waals surface area contributed by atoms with Crippen molar-refractivity contribution in [2.24, 2.45) is 5.10 Å². The summed E-state index contributed by atoms with van der Waals surface area (Å²) in [6.07, 6.45) is 2.39. The Hall–Kier alpha value is -2.05. The number of carbonyl (C=O) groups excluding carboxylic acids is 1. The Kier molecular flexibility index (Phi) is 6.63. The lowest BCUT2D eigenvalue weighted by molar-refractivity contribution is 0.0959. The number of hydrogen-bond acceptors (Lipinski definition) is 5. The second-order valence-electron chi connectivity index (χ2n) is 5.05. The molecule has 0 fully saturated rings. The lowest BCUT2D eigenvalue weighted by Crippen LogP contribution is -2.16. The smallest absolute Gasteiger partial charge is 0.281 e. The van der Waals surface area contributed by atoms with E-state index in [4.69, 9.17) is 21.1 Å². The Morgan fingerprint density at radius 2 is 2.29 bits per heavy atom. The van der Waals surface area contributed by atoms with Gasteiger partial charge in [-0.05, 0) is 42.5 Å². The number of nitrogens with one attached hydrogen (secondary N) is 1. The van der Waals surface area contributed by atoms with Crippen LogP contribution in [0.3, 0.4) is 0 Å². The summed E-state index contributed by atoms with van der Waals surface area (Å²) in [6, 6.07) is 7.01. The molecule has 1 amide bonds. The summed E-state index contributed by atoms with van der Waals surface area (Å²) in [5.74, 6) is 0.776. The number of thiophene rings is 1. The number of benzene rings is 1. The van der Waals surface area contributed by atoms with Gasteiger partial charge in [-0.15, -0.1) is 11.3 Å². The third kappa shape index (κ3) is 4.72. The van der Waals surface area contributed by atoms with Gasteiger partial charge in [0.1, 0.15) is 0 Å². The maximum Gasteiger partial charge on any atom is 0.281 e. The predicted octanol–water partition coefficient (Wildman–Crippen LogP) is 4.35. The van der Waals surface area contributed by atoms with Crippen LogP contribution in [0.4, 0.5) is 0 Å². The van der Waals surface area contributed by atoms with Gasteiger partial charge in [0.15, 0.2) is 11.5 Å². The predicted molar refractivity (Wildman–Crippen MR) is 97.8 cm³/mol. The van der Waals surface area contributed by atoms with E-state index in [1.807, 2.05) is 25.3 Å². The van der Waals surface area contributed by atoms with Crippen molar-refractivity contribution in [3.63, 3.8) is 0 Å². The zero-order valence-electron chi connectivity index (χ0n) is 13.7. The van der Waals surface area contributed by atoms with Gasteiger partial charge in [0.2, 0.25) is 0 Å². The molecule has 0 aliphatic rings. The van der Waals surface area contributed by atoms with E-state index in [0.717, 1.165) is 6.42 Å². The highest BCUT2D eigenvalue weighted by molar-refractivity contribution is 7.12. The quantitative estimate of drug-likeness (QED) is 0.585. The Labute approximate surface area is 150 Å². The summed E-state index contributed by atoms with van der Waals surface area (Å²) in [6.45, 7) is 3.99. The summed E-state index contributed by atoms with van der Waals surface area (Å²) < 4.78 is 11.1. The van der Waals surface area contributed by atoms with Crippen LogP contribution < -0.4 is 14.9 Å². The second-order valence-corrected chi connectivity index (χ2v) is 6.40. The number of hydrazone groups is 1. The minimum atomic E-state index is -0.254. The number of carbonyl (C=O) groups is 1. The van der Waals surface area contributed by atoms with Crippen molar-refractivity contribution in [1.29, 1.82) is 0 Å². The van der Waals surface area contributed by atoms with Crippen LogP contribution in [0.5, 0.6) is 11.5 Å². The molecule has 1 aromatic heterocycles. The molecule has 0 bridgehead atoms. The Bertz CT molecular complexity index is 717. The van der Waals surface area contributed by atoms with Gasteiger partial charge < -0.3 is 9.47 Å². The molecule has 0 saturated carbocycles. The summed E-state index contributed by atoms with van der Waals surface area (Å²) in [5.41, 5.74) is 3.17. The Morgan fingerprint density at radius 1 is 1.50 bits per heavy atom. The summed E-state index contributed by atoms with van der Waals surface area (Å²) in [7, 11) is 1.55. The SMILES string of the molecule is CC[C@@H](C)Oc1c(Cl)cc(/C=N/NC(=O)c2cccs2)cc1OC. The Balaban J connectivity index is 2.12. The van der Waals surface area contributed by atoms with E-state index in [1.54, 1.807) is 25.3 Å². The molecule has 24 heavy (non-hydrogen) atoms. The molecule has 2 rings (SSSR count). The number of amides is 1. The van der Waals surface area contributed by atoms with Crippen molar-refractivity contribution in [3.05, 3.63) is 45.1 Å². The molecule has 1 heterocycles. The third-order valence-electron chi connectivity index (χ3n) is 3.27. The molecule has 1 N–H and O–H groups in total. The second kappa shape index (κ2) is 8.70. The van der Waals surface area contributed by atoms with Crippen molar-refractivity contribution in [2.45, 2.75) is 26.4 Å². The summed E-state index contributed by atoms with van der Waals surface area (Å²) in [4.78, 5) is 12.4. The summed E-state index contributed by atoms with van der Waals surface area (Å²) in [5, 5.41) is 6.21. The van der Waals surface area contributed by atoms with Crippen LogP contribution >= 0.6 is 22.9 Å². The molecule has 2 aromatic rings. The molecular formula is C17H19ClN2O3S. The fourth-order valence-electron chi connectivity index (χ4n) is 1.84. The molecule has 7 heteroatoms. The normalized spacial score (nSPS) is 12.2. The minimum absolute atomic E-state index is 0.0287. The molecule has 128 valence electrons. The molecule has 0 spiro atoms. The average molecular weight is 367 g/mol. The van der Waals surface area contributed by atoms with Crippen molar-refractivity contribution in [1.82, 2.24) is 5.43 Å². The standard InChI is InChI=1S/C17H19ClN2O3S/c1-4-11(2)23-16-13(18)8-12(9-14(16)22-3)10-19-20-17(21)15-6-5-7-24-15/h5-11H,4H2,1-3H3,(H,20,21)/b19-10+/t11-/m1/s1. The first kappa shape index (κ1) is 18.3. The zero-order chi connectivity index (χ0) is 17.5. The minimum Gasteiger partial charge on any atom is -0.493 e. The molecule has 1 atom stereocenters. The van der Waals surface area contributed by atoms with Gasteiger partial charge in [-0.25, -0.2) is 5.43 Å². The van der Waals surface area contributed by atoms with Gasteiger partial charge in [-0.2, -0.15) is 5.10 Å². The van der Waals surface area contributed by atoms with Crippen LogP contribution in [0, 0.1) is 0 Å². The Morgan fingerprint density at radius 3 is 2.92 bits per heavy atom. The van der Waals surface area contributed by atoms with E-state index in [-0.39, 0.29) is 12.0 Å². The van der Waals surface area contributed by atoms with Crippen molar-refractivity contribution >= 4 is 35.1 Å². The number of ether oxygens (including phenoxy) is 2. The molecule has 0 radical (unpaired) electrons. The zero-order valence-corrected chi connectivity index (χ0v) is 15.3.